The third-order valence-electron chi connectivity index (χ3n) is 3.44. The molecule has 2 heterocycles. The smallest absolute Gasteiger partial charge is 0.165 e. The summed E-state index contributed by atoms with van der Waals surface area (Å²) in [5, 5.41) is 12.2. The van der Waals surface area contributed by atoms with Gasteiger partial charge in [-0.3, -0.25) is 4.90 Å². The normalized spacial score (nSPS) is 17.5. The second-order valence-corrected chi connectivity index (χ2v) is 6.29. The Bertz CT molecular complexity index is 362. The Kier molecular flexibility index (Phi) is 5.88. The topological polar surface area (TPSA) is 46.8 Å². The van der Waals surface area contributed by atoms with Gasteiger partial charge in [0.05, 0.1) is 12.1 Å². The van der Waals surface area contributed by atoms with Gasteiger partial charge < -0.3 is 12.4 Å². The molecule has 0 amide bonds. The standard InChI is InChI=1S/C11H21N5S.ClH/c1-4-11(2,3)16-10(12-13-14-16)9-15-5-7-17-8-6-15;/h4-9H2,1-3H3;1H/p-1. The molecule has 2 rings (SSSR count). The van der Waals surface area contributed by atoms with Gasteiger partial charge in [0.1, 0.15) is 0 Å². The van der Waals surface area contributed by atoms with E-state index in [9.17, 15) is 0 Å². The largest absolute Gasteiger partial charge is 1.00 e. The van der Waals surface area contributed by atoms with Crippen molar-refractivity contribution in [2.24, 2.45) is 0 Å². The van der Waals surface area contributed by atoms with Crippen molar-refractivity contribution in [3.8, 4) is 0 Å². The second-order valence-electron chi connectivity index (χ2n) is 5.06. The molecule has 5 nitrogen and oxygen atoms in total. The lowest BCUT2D eigenvalue weighted by atomic mass is 10.0. The molecule has 0 aliphatic carbocycles. The number of hydrogen-bond acceptors (Lipinski definition) is 5. The summed E-state index contributed by atoms with van der Waals surface area (Å²) in [5.74, 6) is 3.43. The minimum atomic E-state index is 0. The SMILES string of the molecule is CCC(C)(C)n1nnnc1CN1CCSCC1.[Cl-]. The minimum absolute atomic E-state index is 0. The number of tetrazole rings is 1. The Morgan fingerprint density at radius 3 is 2.56 bits per heavy atom. The lowest BCUT2D eigenvalue weighted by Crippen LogP contribution is -3.00. The maximum absolute atomic E-state index is 4.18. The fourth-order valence-electron chi connectivity index (χ4n) is 1.88. The van der Waals surface area contributed by atoms with Gasteiger partial charge >= 0.3 is 0 Å². The molecular formula is C11H21ClN5S-. The number of halogens is 1. The van der Waals surface area contributed by atoms with Crippen LogP contribution in [0.1, 0.15) is 33.0 Å². The van der Waals surface area contributed by atoms with Crippen molar-refractivity contribution >= 4 is 11.8 Å². The molecule has 0 N–H and O–H groups in total. The summed E-state index contributed by atoms with van der Waals surface area (Å²) >= 11 is 2.03. The Hall–Kier alpha value is -0.330. The maximum Gasteiger partial charge on any atom is 0.165 e. The zero-order valence-electron chi connectivity index (χ0n) is 11.3. The highest BCUT2D eigenvalue weighted by Gasteiger charge is 2.24. The summed E-state index contributed by atoms with van der Waals surface area (Å²) in [6.07, 6.45) is 1.03. The zero-order chi connectivity index (χ0) is 12.3. The van der Waals surface area contributed by atoms with Crippen LogP contribution < -0.4 is 12.4 Å². The first-order chi connectivity index (χ1) is 8.13. The summed E-state index contributed by atoms with van der Waals surface area (Å²) in [6, 6.07) is 0. The van der Waals surface area contributed by atoms with Gasteiger partial charge in [0.25, 0.3) is 0 Å². The van der Waals surface area contributed by atoms with Crippen LogP contribution in [-0.4, -0.2) is 49.7 Å². The van der Waals surface area contributed by atoms with Crippen LogP contribution in [0, 0.1) is 0 Å². The van der Waals surface area contributed by atoms with Gasteiger partial charge in [0, 0.05) is 24.6 Å². The van der Waals surface area contributed by atoms with Gasteiger partial charge in [0.2, 0.25) is 0 Å². The maximum atomic E-state index is 4.18. The van der Waals surface area contributed by atoms with Crippen LogP contribution in [0.3, 0.4) is 0 Å². The van der Waals surface area contributed by atoms with Crippen molar-refractivity contribution in [1.29, 1.82) is 0 Å². The van der Waals surface area contributed by atoms with Crippen LogP contribution >= 0.6 is 11.8 Å². The molecule has 0 spiro atoms. The van der Waals surface area contributed by atoms with Crippen LogP contribution in [0.15, 0.2) is 0 Å². The Morgan fingerprint density at radius 1 is 1.28 bits per heavy atom. The van der Waals surface area contributed by atoms with E-state index in [0.29, 0.717) is 0 Å². The molecule has 0 aromatic carbocycles. The molecule has 0 atom stereocenters. The monoisotopic (exact) mass is 290 g/mol. The summed E-state index contributed by atoms with van der Waals surface area (Å²) in [7, 11) is 0. The first kappa shape index (κ1) is 15.7. The van der Waals surface area contributed by atoms with E-state index in [1.165, 1.54) is 11.5 Å². The van der Waals surface area contributed by atoms with Gasteiger partial charge in [-0.05, 0) is 30.7 Å². The van der Waals surface area contributed by atoms with Crippen molar-refractivity contribution in [3.05, 3.63) is 5.82 Å². The molecule has 1 aliphatic heterocycles. The number of nitrogens with zero attached hydrogens (tertiary/aromatic N) is 5. The molecule has 0 saturated carbocycles. The molecule has 1 fully saturated rings. The molecule has 18 heavy (non-hydrogen) atoms. The van der Waals surface area contributed by atoms with E-state index >= 15 is 0 Å². The van der Waals surface area contributed by atoms with E-state index < -0.39 is 0 Å². The van der Waals surface area contributed by atoms with E-state index in [2.05, 4.69) is 41.2 Å². The second kappa shape index (κ2) is 6.73. The lowest BCUT2D eigenvalue weighted by Gasteiger charge is -2.28. The quantitative estimate of drug-likeness (QED) is 0.666. The van der Waals surface area contributed by atoms with Crippen LogP contribution in [0.2, 0.25) is 0 Å². The fraction of sp³-hybridized carbons (Fsp3) is 0.909. The highest BCUT2D eigenvalue weighted by atomic mass is 35.5. The van der Waals surface area contributed by atoms with Crippen molar-refractivity contribution in [2.75, 3.05) is 24.6 Å². The van der Waals surface area contributed by atoms with Crippen molar-refractivity contribution in [1.82, 2.24) is 25.1 Å². The number of aromatic nitrogens is 4. The summed E-state index contributed by atoms with van der Waals surface area (Å²) in [4.78, 5) is 2.43. The number of thioether (sulfide) groups is 1. The average molecular weight is 291 g/mol. The van der Waals surface area contributed by atoms with Gasteiger partial charge in [-0.25, -0.2) is 4.68 Å². The molecule has 0 bridgehead atoms. The lowest BCUT2D eigenvalue weighted by molar-refractivity contribution is -0.00000435. The molecule has 0 radical (unpaired) electrons. The third-order valence-corrected chi connectivity index (χ3v) is 4.38. The first-order valence-electron chi connectivity index (χ1n) is 6.21. The van der Waals surface area contributed by atoms with Gasteiger partial charge in [0.15, 0.2) is 5.82 Å². The highest BCUT2D eigenvalue weighted by molar-refractivity contribution is 7.99. The van der Waals surface area contributed by atoms with E-state index in [0.717, 1.165) is 31.9 Å². The molecule has 7 heteroatoms. The fourth-order valence-corrected chi connectivity index (χ4v) is 2.86. The molecule has 104 valence electrons. The Balaban J connectivity index is 0.00000162. The third kappa shape index (κ3) is 3.59. The van der Waals surface area contributed by atoms with Gasteiger partial charge in [-0.1, -0.05) is 6.92 Å². The zero-order valence-corrected chi connectivity index (χ0v) is 12.8. The summed E-state index contributed by atoms with van der Waals surface area (Å²) < 4.78 is 1.98. The van der Waals surface area contributed by atoms with Crippen LogP contribution in [0.25, 0.3) is 0 Å². The van der Waals surface area contributed by atoms with Crippen molar-refractivity contribution in [2.45, 2.75) is 39.3 Å². The molecule has 0 unspecified atom stereocenters. The predicted octanol–water partition coefficient (Wildman–Crippen LogP) is -1.63. The molecule has 1 aromatic heterocycles. The molecule has 1 saturated heterocycles. The molecule has 1 aliphatic rings. The molecule has 1 aromatic rings. The Labute approximate surface area is 119 Å². The van der Waals surface area contributed by atoms with Crippen molar-refractivity contribution < 1.29 is 12.4 Å². The van der Waals surface area contributed by atoms with Gasteiger partial charge in [-0.15, -0.1) is 5.10 Å². The summed E-state index contributed by atoms with van der Waals surface area (Å²) in [6.45, 7) is 9.69. The number of rotatable bonds is 4. The highest BCUT2D eigenvalue weighted by Crippen LogP contribution is 2.20. The average Bonchev–Trinajstić information content (AvgIpc) is 2.79. The first-order valence-corrected chi connectivity index (χ1v) is 7.37. The molecular weight excluding hydrogens is 270 g/mol. The van der Waals surface area contributed by atoms with Crippen molar-refractivity contribution in [3.63, 3.8) is 0 Å². The van der Waals surface area contributed by atoms with Gasteiger partial charge in [-0.2, -0.15) is 11.8 Å². The van der Waals surface area contributed by atoms with Crippen LogP contribution in [-0.2, 0) is 12.1 Å². The van der Waals surface area contributed by atoms with Crippen LogP contribution in [0.4, 0.5) is 0 Å². The minimum Gasteiger partial charge on any atom is -1.00 e. The van der Waals surface area contributed by atoms with E-state index in [1.54, 1.807) is 0 Å². The van der Waals surface area contributed by atoms with E-state index in [1.807, 2.05) is 16.4 Å². The predicted molar refractivity (Wildman–Crippen MR) is 70.0 cm³/mol. The van der Waals surface area contributed by atoms with E-state index in [-0.39, 0.29) is 17.9 Å². The van der Waals surface area contributed by atoms with Crippen LogP contribution in [0.5, 0.6) is 0 Å². The number of hydrogen-bond donors (Lipinski definition) is 0. The van der Waals surface area contributed by atoms with E-state index in [4.69, 9.17) is 0 Å². The summed E-state index contributed by atoms with van der Waals surface area (Å²) in [5.41, 5.74) is 0.00334. The Morgan fingerprint density at radius 2 is 1.94 bits per heavy atom.